The molecule has 1 aromatic heterocycles. The summed E-state index contributed by atoms with van der Waals surface area (Å²) in [4.78, 5) is 12.4. The van der Waals surface area contributed by atoms with Gasteiger partial charge in [-0.15, -0.1) is 23.7 Å². The van der Waals surface area contributed by atoms with Crippen molar-refractivity contribution in [3.8, 4) is 0 Å². The lowest BCUT2D eigenvalue weighted by atomic mass is 10.1. The molecule has 1 aliphatic heterocycles. The van der Waals surface area contributed by atoms with Gasteiger partial charge in [-0.25, -0.2) is 0 Å². The zero-order chi connectivity index (χ0) is 10.7. The second-order valence-corrected chi connectivity index (χ2v) is 4.94. The number of amides is 1. The standard InChI is InChI=1S/C10H13ClN2OS.ClH/c11-8-3-5-15-9(8)10(14)13-7-2-1-4-12-6-7;/h3,5,7,12H,1-2,4,6H2,(H,13,14);1H/t7-;/m1./s1. The van der Waals surface area contributed by atoms with Gasteiger partial charge in [-0.05, 0) is 30.8 Å². The number of nitrogens with one attached hydrogen (secondary N) is 2. The van der Waals surface area contributed by atoms with Gasteiger partial charge in [-0.2, -0.15) is 0 Å². The van der Waals surface area contributed by atoms with E-state index in [1.165, 1.54) is 11.3 Å². The summed E-state index contributed by atoms with van der Waals surface area (Å²) in [5, 5.41) is 8.61. The van der Waals surface area contributed by atoms with Crippen molar-refractivity contribution in [2.24, 2.45) is 0 Å². The number of hydrogen-bond acceptors (Lipinski definition) is 3. The van der Waals surface area contributed by atoms with Crippen LogP contribution in [0.15, 0.2) is 11.4 Å². The predicted octanol–water partition coefficient (Wildman–Crippen LogP) is 2.31. The Balaban J connectivity index is 0.00000128. The number of thiophene rings is 1. The average molecular weight is 281 g/mol. The van der Waals surface area contributed by atoms with Crippen molar-refractivity contribution >= 4 is 41.3 Å². The van der Waals surface area contributed by atoms with Gasteiger partial charge >= 0.3 is 0 Å². The van der Waals surface area contributed by atoms with E-state index in [0.717, 1.165) is 25.9 Å². The molecule has 1 amide bonds. The highest BCUT2D eigenvalue weighted by molar-refractivity contribution is 7.12. The van der Waals surface area contributed by atoms with Crippen molar-refractivity contribution in [2.45, 2.75) is 18.9 Å². The lowest BCUT2D eigenvalue weighted by molar-refractivity contribution is 0.0935. The van der Waals surface area contributed by atoms with E-state index in [1.54, 1.807) is 6.07 Å². The molecular formula is C10H14Cl2N2OS. The maximum atomic E-state index is 11.8. The molecule has 0 aromatic carbocycles. The third-order valence-corrected chi connectivity index (χ3v) is 3.80. The van der Waals surface area contributed by atoms with Crippen molar-refractivity contribution in [1.29, 1.82) is 0 Å². The topological polar surface area (TPSA) is 41.1 Å². The van der Waals surface area contributed by atoms with Crippen LogP contribution >= 0.6 is 35.3 Å². The number of rotatable bonds is 2. The molecule has 1 aromatic rings. The third-order valence-electron chi connectivity index (χ3n) is 2.46. The summed E-state index contributed by atoms with van der Waals surface area (Å²) in [5.74, 6) is -0.0521. The first-order chi connectivity index (χ1) is 7.27. The maximum Gasteiger partial charge on any atom is 0.263 e. The number of piperidine rings is 1. The summed E-state index contributed by atoms with van der Waals surface area (Å²) in [6.07, 6.45) is 2.16. The van der Waals surface area contributed by atoms with Crippen molar-refractivity contribution in [3.63, 3.8) is 0 Å². The first kappa shape index (κ1) is 13.8. The van der Waals surface area contributed by atoms with Gasteiger partial charge in [0.2, 0.25) is 0 Å². The summed E-state index contributed by atoms with van der Waals surface area (Å²) in [7, 11) is 0. The molecule has 1 aliphatic rings. The Labute approximate surface area is 110 Å². The number of hydrogen-bond donors (Lipinski definition) is 2. The number of halogens is 2. The van der Waals surface area contributed by atoms with Crippen LogP contribution in [0.2, 0.25) is 5.02 Å². The molecule has 2 rings (SSSR count). The van der Waals surface area contributed by atoms with Crippen LogP contribution in [0.5, 0.6) is 0 Å². The summed E-state index contributed by atoms with van der Waals surface area (Å²) >= 11 is 7.27. The second-order valence-electron chi connectivity index (χ2n) is 3.61. The zero-order valence-electron chi connectivity index (χ0n) is 8.66. The molecule has 0 unspecified atom stereocenters. The van der Waals surface area contributed by atoms with E-state index in [2.05, 4.69) is 10.6 Å². The molecule has 0 spiro atoms. The molecular weight excluding hydrogens is 267 g/mol. The average Bonchev–Trinajstić information content (AvgIpc) is 2.66. The number of carbonyl (C=O) groups is 1. The van der Waals surface area contributed by atoms with Gasteiger partial charge in [0.1, 0.15) is 4.88 Å². The van der Waals surface area contributed by atoms with Crippen LogP contribution in [0.4, 0.5) is 0 Å². The Bertz CT molecular complexity index is 350. The Morgan fingerprint density at radius 1 is 1.62 bits per heavy atom. The smallest absolute Gasteiger partial charge is 0.263 e. The van der Waals surface area contributed by atoms with E-state index in [-0.39, 0.29) is 24.4 Å². The molecule has 16 heavy (non-hydrogen) atoms. The van der Waals surface area contributed by atoms with E-state index in [1.807, 2.05) is 5.38 Å². The monoisotopic (exact) mass is 280 g/mol. The molecule has 0 aliphatic carbocycles. The van der Waals surface area contributed by atoms with Crippen molar-refractivity contribution in [1.82, 2.24) is 10.6 Å². The van der Waals surface area contributed by atoms with E-state index < -0.39 is 0 Å². The largest absolute Gasteiger partial charge is 0.347 e. The molecule has 90 valence electrons. The minimum atomic E-state index is -0.0521. The highest BCUT2D eigenvalue weighted by atomic mass is 35.5. The van der Waals surface area contributed by atoms with E-state index >= 15 is 0 Å². The van der Waals surface area contributed by atoms with Crippen molar-refractivity contribution in [2.75, 3.05) is 13.1 Å². The minimum Gasteiger partial charge on any atom is -0.347 e. The summed E-state index contributed by atoms with van der Waals surface area (Å²) in [5.41, 5.74) is 0. The Morgan fingerprint density at radius 2 is 2.44 bits per heavy atom. The van der Waals surface area contributed by atoms with Crippen LogP contribution < -0.4 is 10.6 Å². The fourth-order valence-electron chi connectivity index (χ4n) is 1.68. The molecule has 2 N–H and O–H groups in total. The molecule has 6 heteroatoms. The molecule has 1 fully saturated rings. The van der Waals surface area contributed by atoms with Gasteiger partial charge in [-0.1, -0.05) is 11.6 Å². The Hall–Kier alpha value is -0.290. The quantitative estimate of drug-likeness (QED) is 0.873. The van der Waals surface area contributed by atoms with Crippen LogP contribution in [0, 0.1) is 0 Å². The second kappa shape index (κ2) is 6.45. The molecule has 2 heterocycles. The van der Waals surface area contributed by atoms with Crippen LogP contribution in [0.3, 0.4) is 0 Å². The van der Waals surface area contributed by atoms with Crippen molar-refractivity contribution in [3.05, 3.63) is 21.3 Å². The molecule has 0 radical (unpaired) electrons. The SMILES string of the molecule is Cl.O=C(N[C@@H]1CCCNC1)c1sccc1Cl. The van der Waals surface area contributed by atoms with Crippen LogP contribution in [-0.2, 0) is 0 Å². The number of carbonyl (C=O) groups excluding carboxylic acids is 1. The molecule has 0 bridgehead atoms. The zero-order valence-corrected chi connectivity index (χ0v) is 11.1. The van der Waals surface area contributed by atoms with Gasteiger partial charge in [0.15, 0.2) is 0 Å². The molecule has 3 nitrogen and oxygen atoms in total. The van der Waals surface area contributed by atoms with Crippen molar-refractivity contribution < 1.29 is 4.79 Å². The highest BCUT2D eigenvalue weighted by Crippen LogP contribution is 2.21. The van der Waals surface area contributed by atoms with Gasteiger partial charge in [-0.3, -0.25) is 4.79 Å². The van der Waals surface area contributed by atoms with E-state index in [0.29, 0.717) is 9.90 Å². The Morgan fingerprint density at radius 3 is 3.00 bits per heavy atom. The van der Waals surface area contributed by atoms with E-state index in [9.17, 15) is 4.79 Å². The maximum absolute atomic E-state index is 11.8. The van der Waals surface area contributed by atoms with Gasteiger partial charge in [0.25, 0.3) is 5.91 Å². The predicted molar refractivity (Wildman–Crippen MR) is 69.9 cm³/mol. The van der Waals surface area contributed by atoms with Crippen LogP contribution in [0.25, 0.3) is 0 Å². The summed E-state index contributed by atoms with van der Waals surface area (Å²) in [6, 6.07) is 1.99. The summed E-state index contributed by atoms with van der Waals surface area (Å²) < 4.78 is 0. The van der Waals surface area contributed by atoms with Gasteiger partial charge < -0.3 is 10.6 Å². The fraction of sp³-hybridized carbons (Fsp3) is 0.500. The first-order valence-corrected chi connectivity index (χ1v) is 6.27. The molecule has 1 atom stereocenters. The normalized spacial score (nSPS) is 19.9. The first-order valence-electron chi connectivity index (χ1n) is 5.02. The van der Waals surface area contributed by atoms with E-state index in [4.69, 9.17) is 11.6 Å². The Kier molecular flexibility index (Phi) is 5.55. The van der Waals surface area contributed by atoms with Crippen LogP contribution in [0.1, 0.15) is 22.5 Å². The van der Waals surface area contributed by atoms with Crippen LogP contribution in [-0.4, -0.2) is 25.0 Å². The minimum absolute atomic E-state index is 0. The molecule has 1 saturated heterocycles. The third kappa shape index (κ3) is 3.35. The molecule has 0 saturated carbocycles. The van der Waals surface area contributed by atoms with Gasteiger partial charge in [0, 0.05) is 12.6 Å². The fourth-order valence-corrected chi connectivity index (χ4v) is 2.73. The van der Waals surface area contributed by atoms with Gasteiger partial charge in [0.05, 0.1) is 5.02 Å². The lowest BCUT2D eigenvalue weighted by Crippen LogP contribution is -2.45. The highest BCUT2D eigenvalue weighted by Gasteiger charge is 2.18. The lowest BCUT2D eigenvalue weighted by Gasteiger charge is -2.23. The summed E-state index contributed by atoms with van der Waals surface area (Å²) in [6.45, 7) is 1.90.